The molecule has 1 aromatic carbocycles. The van der Waals surface area contributed by atoms with Crippen molar-refractivity contribution in [1.29, 1.82) is 0 Å². The van der Waals surface area contributed by atoms with Crippen LogP contribution < -0.4 is 0 Å². The fraction of sp³-hybridized carbons (Fsp3) is 0.300. The number of pyridine rings is 1. The van der Waals surface area contributed by atoms with Crippen molar-refractivity contribution in [3.8, 4) is 11.1 Å². The molecule has 0 atom stereocenters. The molecule has 1 aliphatic rings. The molecule has 4 nitrogen and oxygen atoms in total. The van der Waals surface area contributed by atoms with Gasteiger partial charge in [-0.1, -0.05) is 17.7 Å². The fourth-order valence-electron chi connectivity index (χ4n) is 3.55. The molecule has 0 bridgehead atoms. The average Bonchev–Trinajstić information content (AvgIpc) is 3.00. The van der Waals surface area contributed by atoms with E-state index in [0.717, 1.165) is 35.8 Å². The van der Waals surface area contributed by atoms with E-state index < -0.39 is 11.8 Å². The first-order chi connectivity index (χ1) is 12.4. The Labute approximate surface area is 155 Å². The highest BCUT2D eigenvalue weighted by Crippen LogP contribution is 2.43. The zero-order valence-corrected chi connectivity index (χ0v) is 15.3. The largest absolute Gasteiger partial charge is 0.464 e. The molecule has 134 valence electrons. The number of hydrogen-bond donors (Lipinski definition) is 0. The minimum Gasteiger partial charge on any atom is -0.464 e. The van der Waals surface area contributed by atoms with Gasteiger partial charge >= 0.3 is 5.97 Å². The van der Waals surface area contributed by atoms with Crippen LogP contribution in [0.3, 0.4) is 0 Å². The lowest BCUT2D eigenvalue weighted by atomic mass is 9.78. The van der Waals surface area contributed by atoms with Crippen LogP contribution in [0, 0.1) is 5.82 Å². The molecule has 1 aliphatic carbocycles. The van der Waals surface area contributed by atoms with Crippen LogP contribution in [0.2, 0.25) is 5.02 Å². The van der Waals surface area contributed by atoms with E-state index in [-0.39, 0.29) is 16.3 Å². The van der Waals surface area contributed by atoms with Gasteiger partial charge in [-0.3, -0.25) is 0 Å². The van der Waals surface area contributed by atoms with Crippen molar-refractivity contribution < 1.29 is 13.9 Å². The summed E-state index contributed by atoms with van der Waals surface area (Å²) in [6, 6.07) is 8.25. The third kappa shape index (κ3) is 2.58. The van der Waals surface area contributed by atoms with Gasteiger partial charge in [-0.2, -0.15) is 0 Å². The summed E-state index contributed by atoms with van der Waals surface area (Å²) < 4.78 is 20.9. The summed E-state index contributed by atoms with van der Waals surface area (Å²) >= 11 is 5.82. The summed E-state index contributed by atoms with van der Waals surface area (Å²) in [6.45, 7) is 2.18. The molecule has 0 spiro atoms. The molecule has 4 rings (SSSR count). The highest BCUT2D eigenvalue weighted by atomic mass is 35.5. The third-order valence-corrected chi connectivity index (χ3v) is 5.60. The summed E-state index contributed by atoms with van der Waals surface area (Å²) in [5.74, 6) is -0.934. The number of hydrogen-bond acceptors (Lipinski definition) is 3. The van der Waals surface area contributed by atoms with E-state index in [0.29, 0.717) is 5.65 Å². The number of halogens is 2. The lowest BCUT2D eigenvalue weighted by molar-refractivity contribution is 0.0594. The van der Waals surface area contributed by atoms with Crippen molar-refractivity contribution in [2.24, 2.45) is 0 Å². The number of benzene rings is 1. The average molecular weight is 373 g/mol. The molecule has 26 heavy (non-hydrogen) atoms. The molecule has 0 N–H and O–H groups in total. The third-order valence-electron chi connectivity index (χ3n) is 5.29. The molecule has 0 unspecified atom stereocenters. The standard InChI is InChI=1S/C20H18ClFN2O2/c1-20(8-3-9-20)24-11-14(12-4-6-15(21)16(22)10-12)13-5-7-17(19(25)26-2)23-18(13)24/h4-7,10-11H,3,8-9H2,1-2H3. The molecule has 2 heterocycles. The number of ether oxygens (including phenoxy) is 1. The molecule has 1 fully saturated rings. The smallest absolute Gasteiger partial charge is 0.356 e. The normalized spacial score (nSPS) is 15.7. The van der Waals surface area contributed by atoms with Crippen LogP contribution in [0.15, 0.2) is 36.5 Å². The zero-order valence-electron chi connectivity index (χ0n) is 14.6. The van der Waals surface area contributed by atoms with Gasteiger partial charge in [-0.05, 0) is 56.0 Å². The predicted molar refractivity (Wildman–Crippen MR) is 99.0 cm³/mol. The second-order valence-corrected chi connectivity index (χ2v) is 7.36. The van der Waals surface area contributed by atoms with Gasteiger partial charge in [-0.25, -0.2) is 14.2 Å². The Hall–Kier alpha value is -2.40. The monoisotopic (exact) mass is 372 g/mol. The Bertz CT molecular complexity index is 1020. The van der Waals surface area contributed by atoms with Crippen molar-refractivity contribution >= 4 is 28.6 Å². The van der Waals surface area contributed by atoms with Gasteiger partial charge in [0.1, 0.15) is 11.5 Å². The second kappa shape index (κ2) is 6.09. The molecule has 0 aliphatic heterocycles. The van der Waals surface area contributed by atoms with Crippen LogP contribution in [-0.2, 0) is 10.3 Å². The van der Waals surface area contributed by atoms with E-state index in [1.54, 1.807) is 18.2 Å². The van der Waals surface area contributed by atoms with Crippen molar-refractivity contribution in [3.05, 3.63) is 53.1 Å². The molecule has 2 aromatic heterocycles. The van der Waals surface area contributed by atoms with Gasteiger partial charge < -0.3 is 9.30 Å². The van der Waals surface area contributed by atoms with Gasteiger partial charge in [0.2, 0.25) is 0 Å². The van der Waals surface area contributed by atoms with Crippen LogP contribution in [0.1, 0.15) is 36.7 Å². The molecule has 0 saturated heterocycles. The molecule has 6 heteroatoms. The van der Waals surface area contributed by atoms with Crippen molar-refractivity contribution in [1.82, 2.24) is 9.55 Å². The molecule has 1 saturated carbocycles. The molecule has 3 aromatic rings. The topological polar surface area (TPSA) is 44.1 Å². The number of esters is 1. The summed E-state index contributed by atoms with van der Waals surface area (Å²) in [5, 5.41) is 0.960. The summed E-state index contributed by atoms with van der Waals surface area (Å²) in [5.41, 5.74) is 2.51. The minimum atomic E-state index is -0.475. The highest BCUT2D eigenvalue weighted by molar-refractivity contribution is 6.30. The molecule has 0 radical (unpaired) electrons. The minimum absolute atomic E-state index is 0.0524. The number of fused-ring (bicyclic) bond motifs is 1. The van der Waals surface area contributed by atoms with E-state index >= 15 is 0 Å². The van der Waals surface area contributed by atoms with E-state index in [9.17, 15) is 9.18 Å². The van der Waals surface area contributed by atoms with E-state index in [4.69, 9.17) is 16.3 Å². The molecular weight excluding hydrogens is 355 g/mol. The van der Waals surface area contributed by atoms with Gasteiger partial charge in [0.15, 0.2) is 5.69 Å². The summed E-state index contributed by atoms with van der Waals surface area (Å²) in [6.07, 6.45) is 5.23. The molecular formula is C20H18ClFN2O2. The number of carbonyl (C=O) groups excluding carboxylic acids is 1. The van der Waals surface area contributed by atoms with E-state index in [1.807, 2.05) is 12.3 Å². The second-order valence-electron chi connectivity index (χ2n) is 6.95. The number of carbonyl (C=O) groups is 1. The summed E-state index contributed by atoms with van der Waals surface area (Å²) in [7, 11) is 1.34. The SMILES string of the molecule is COC(=O)c1ccc2c(-c3ccc(Cl)c(F)c3)cn(C3(C)CCC3)c2n1. The number of nitrogens with zero attached hydrogens (tertiary/aromatic N) is 2. The Morgan fingerprint density at radius 2 is 2.08 bits per heavy atom. The Morgan fingerprint density at radius 1 is 1.31 bits per heavy atom. The van der Waals surface area contributed by atoms with Crippen LogP contribution in [0.4, 0.5) is 4.39 Å². The summed E-state index contributed by atoms with van der Waals surface area (Å²) in [4.78, 5) is 16.5. The Kier molecular flexibility index (Phi) is 3.99. The Morgan fingerprint density at radius 3 is 2.69 bits per heavy atom. The lowest BCUT2D eigenvalue weighted by Crippen LogP contribution is -2.36. The first kappa shape index (κ1) is 17.0. The Balaban J connectivity index is 1.96. The van der Waals surface area contributed by atoms with Gasteiger partial charge in [0, 0.05) is 22.7 Å². The maximum Gasteiger partial charge on any atom is 0.356 e. The molecule has 0 amide bonds. The zero-order chi connectivity index (χ0) is 18.5. The number of methoxy groups -OCH3 is 1. The fourth-order valence-corrected chi connectivity index (χ4v) is 3.67. The van der Waals surface area contributed by atoms with Crippen molar-refractivity contribution in [2.75, 3.05) is 7.11 Å². The van der Waals surface area contributed by atoms with Gasteiger partial charge in [0.05, 0.1) is 12.1 Å². The van der Waals surface area contributed by atoms with Crippen molar-refractivity contribution in [2.45, 2.75) is 31.7 Å². The maximum absolute atomic E-state index is 14.0. The maximum atomic E-state index is 14.0. The van der Waals surface area contributed by atoms with Gasteiger partial charge in [-0.15, -0.1) is 0 Å². The first-order valence-electron chi connectivity index (χ1n) is 8.49. The van der Waals surface area contributed by atoms with Crippen LogP contribution in [0.25, 0.3) is 22.2 Å². The van der Waals surface area contributed by atoms with Crippen LogP contribution in [0.5, 0.6) is 0 Å². The first-order valence-corrected chi connectivity index (χ1v) is 8.87. The highest BCUT2D eigenvalue weighted by Gasteiger charge is 2.35. The number of aromatic nitrogens is 2. The number of rotatable bonds is 3. The van der Waals surface area contributed by atoms with E-state index in [1.165, 1.54) is 13.2 Å². The van der Waals surface area contributed by atoms with Gasteiger partial charge in [0.25, 0.3) is 0 Å². The van der Waals surface area contributed by atoms with Crippen LogP contribution in [-0.4, -0.2) is 22.6 Å². The quantitative estimate of drug-likeness (QED) is 0.595. The van der Waals surface area contributed by atoms with Crippen LogP contribution >= 0.6 is 11.6 Å². The lowest BCUT2D eigenvalue weighted by Gasteiger charge is -2.40. The van der Waals surface area contributed by atoms with Crippen molar-refractivity contribution in [3.63, 3.8) is 0 Å². The predicted octanol–water partition coefficient (Wildman–Crippen LogP) is 5.18. The van der Waals surface area contributed by atoms with E-state index in [2.05, 4.69) is 16.5 Å².